The second kappa shape index (κ2) is 3.83. The van der Waals surface area contributed by atoms with Crippen LogP contribution in [-0.2, 0) is 0 Å². The van der Waals surface area contributed by atoms with Gasteiger partial charge in [-0.2, -0.15) is 0 Å². The molecule has 60 valence electrons. The number of aliphatic hydroxyl groups is 1. The minimum Gasteiger partial charge on any atom is -0.387 e. The van der Waals surface area contributed by atoms with E-state index in [2.05, 4.69) is 20.9 Å². The van der Waals surface area contributed by atoms with Crippen LogP contribution in [0.4, 0.5) is 0 Å². The van der Waals surface area contributed by atoms with Gasteiger partial charge in [-0.05, 0) is 34.5 Å². The third kappa shape index (κ3) is 2.27. The molecule has 1 aromatic heterocycles. The molecule has 11 heavy (non-hydrogen) atoms. The van der Waals surface area contributed by atoms with Gasteiger partial charge in [0.2, 0.25) is 0 Å². The number of aromatic nitrogens is 1. The highest BCUT2D eigenvalue weighted by atomic mass is 79.9. The summed E-state index contributed by atoms with van der Waals surface area (Å²) in [5.41, 5.74) is 0.732. The summed E-state index contributed by atoms with van der Waals surface area (Å²) in [7, 11) is 0. The Morgan fingerprint density at radius 2 is 2.36 bits per heavy atom. The Hall–Kier alpha value is -0.410. The summed E-state index contributed by atoms with van der Waals surface area (Å²) in [5, 5.41) is 9.34. The zero-order chi connectivity index (χ0) is 8.27. The van der Waals surface area contributed by atoms with E-state index in [1.54, 1.807) is 6.20 Å². The molecule has 3 heteroatoms. The van der Waals surface area contributed by atoms with Crippen molar-refractivity contribution in [2.45, 2.75) is 19.4 Å². The van der Waals surface area contributed by atoms with Crippen molar-refractivity contribution < 1.29 is 5.11 Å². The first-order valence-corrected chi connectivity index (χ1v) is 4.33. The number of hydrogen-bond donors (Lipinski definition) is 1. The lowest BCUT2D eigenvalue weighted by atomic mass is 10.2. The molecule has 0 aliphatic rings. The van der Waals surface area contributed by atoms with Crippen LogP contribution in [0.3, 0.4) is 0 Å². The smallest absolute Gasteiger partial charge is 0.0957 e. The molecule has 0 unspecified atom stereocenters. The maximum absolute atomic E-state index is 9.34. The summed E-state index contributed by atoms with van der Waals surface area (Å²) in [4.78, 5) is 4.05. The Kier molecular flexibility index (Phi) is 3.02. The van der Waals surface area contributed by atoms with Crippen molar-refractivity contribution in [3.05, 3.63) is 28.5 Å². The van der Waals surface area contributed by atoms with E-state index in [0.29, 0.717) is 6.42 Å². The van der Waals surface area contributed by atoms with Crippen molar-refractivity contribution in [1.82, 2.24) is 4.98 Å². The SMILES string of the molecule is CC[C@H](O)c1ccc(Br)cn1. The Balaban J connectivity index is 2.81. The van der Waals surface area contributed by atoms with Crippen molar-refractivity contribution in [3.8, 4) is 0 Å². The molecule has 1 atom stereocenters. The summed E-state index contributed by atoms with van der Waals surface area (Å²) in [5.74, 6) is 0. The van der Waals surface area contributed by atoms with Gasteiger partial charge in [0.25, 0.3) is 0 Å². The molecule has 1 N–H and O–H groups in total. The van der Waals surface area contributed by atoms with Crippen LogP contribution in [0.15, 0.2) is 22.8 Å². The molecule has 0 aliphatic heterocycles. The number of aliphatic hydroxyl groups excluding tert-OH is 1. The molecular formula is C8H10BrNO. The van der Waals surface area contributed by atoms with Gasteiger partial charge in [0.1, 0.15) is 0 Å². The second-order valence-corrected chi connectivity index (χ2v) is 3.24. The van der Waals surface area contributed by atoms with Crippen molar-refractivity contribution in [3.63, 3.8) is 0 Å². The molecule has 1 heterocycles. The van der Waals surface area contributed by atoms with Crippen molar-refractivity contribution in [2.75, 3.05) is 0 Å². The monoisotopic (exact) mass is 215 g/mol. The Morgan fingerprint density at radius 1 is 1.64 bits per heavy atom. The third-order valence-corrected chi connectivity index (χ3v) is 1.95. The van der Waals surface area contributed by atoms with Crippen LogP contribution in [-0.4, -0.2) is 10.1 Å². The molecule has 1 rings (SSSR count). The van der Waals surface area contributed by atoms with Crippen LogP contribution in [0.5, 0.6) is 0 Å². The summed E-state index contributed by atoms with van der Waals surface area (Å²) in [6.45, 7) is 1.92. The van der Waals surface area contributed by atoms with E-state index in [1.807, 2.05) is 19.1 Å². The van der Waals surface area contributed by atoms with E-state index in [1.165, 1.54) is 0 Å². The van der Waals surface area contributed by atoms with Gasteiger partial charge in [-0.3, -0.25) is 4.98 Å². The normalized spacial score (nSPS) is 13.0. The highest BCUT2D eigenvalue weighted by Gasteiger charge is 2.04. The average Bonchev–Trinajstić information content (AvgIpc) is 2.05. The highest BCUT2D eigenvalue weighted by Crippen LogP contribution is 2.15. The maximum atomic E-state index is 9.34. The van der Waals surface area contributed by atoms with E-state index in [-0.39, 0.29) is 0 Å². The van der Waals surface area contributed by atoms with Crippen LogP contribution in [0.1, 0.15) is 25.1 Å². The Morgan fingerprint density at radius 3 is 2.82 bits per heavy atom. The molecule has 1 aromatic rings. The van der Waals surface area contributed by atoms with E-state index in [0.717, 1.165) is 10.2 Å². The van der Waals surface area contributed by atoms with Gasteiger partial charge < -0.3 is 5.11 Å². The van der Waals surface area contributed by atoms with E-state index >= 15 is 0 Å². The first-order valence-electron chi connectivity index (χ1n) is 3.53. The maximum Gasteiger partial charge on any atom is 0.0957 e. The van der Waals surface area contributed by atoms with E-state index in [4.69, 9.17) is 0 Å². The molecule has 0 fully saturated rings. The zero-order valence-corrected chi connectivity index (χ0v) is 7.87. The largest absolute Gasteiger partial charge is 0.387 e. The Labute approximate surface area is 74.4 Å². The molecule has 0 aromatic carbocycles. The van der Waals surface area contributed by atoms with Gasteiger partial charge in [0.15, 0.2) is 0 Å². The predicted octanol–water partition coefficient (Wildman–Crippen LogP) is 2.29. The molecule has 0 radical (unpaired) electrons. The average molecular weight is 216 g/mol. The highest BCUT2D eigenvalue weighted by molar-refractivity contribution is 9.10. The van der Waals surface area contributed by atoms with Crippen LogP contribution in [0.2, 0.25) is 0 Å². The lowest BCUT2D eigenvalue weighted by Gasteiger charge is -2.05. The second-order valence-electron chi connectivity index (χ2n) is 2.33. The number of halogens is 1. The molecule has 0 aliphatic carbocycles. The van der Waals surface area contributed by atoms with Crippen molar-refractivity contribution >= 4 is 15.9 Å². The first kappa shape index (κ1) is 8.68. The fraction of sp³-hybridized carbons (Fsp3) is 0.375. The number of hydrogen-bond acceptors (Lipinski definition) is 2. The lowest BCUT2D eigenvalue weighted by molar-refractivity contribution is 0.169. The van der Waals surface area contributed by atoms with Crippen LogP contribution in [0.25, 0.3) is 0 Å². The summed E-state index contributed by atoms with van der Waals surface area (Å²) in [6.07, 6.45) is 1.96. The Bertz CT molecular complexity index is 222. The molecular weight excluding hydrogens is 206 g/mol. The van der Waals surface area contributed by atoms with Crippen LogP contribution < -0.4 is 0 Å². The van der Waals surface area contributed by atoms with Gasteiger partial charge in [-0.15, -0.1) is 0 Å². The van der Waals surface area contributed by atoms with Crippen molar-refractivity contribution in [1.29, 1.82) is 0 Å². The van der Waals surface area contributed by atoms with Gasteiger partial charge in [0.05, 0.1) is 11.8 Å². The minimum absolute atomic E-state index is 0.428. The lowest BCUT2D eigenvalue weighted by Crippen LogP contribution is -1.97. The molecule has 0 bridgehead atoms. The number of pyridine rings is 1. The summed E-state index contributed by atoms with van der Waals surface area (Å²) >= 11 is 3.27. The fourth-order valence-corrected chi connectivity index (χ4v) is 1.03. The van der Waals surface area contributed by atoms with Gasteiger partial charge in [0, 0.05) is 10.7 Å². The van der Waals surface area contributed by atoms with Gasteiger partial charge >= 0.3 is 0 Å². The molecule has 0 spiro atoms. The van der Waals surface area contributed by atoms with Crippen LogP contribution in [0, 0.1) is 0 Å². The number of rotatable bonds is 2. The van der Waals surface area contributed by atoms with Crippen molar-refractivity contribution in [2.24, 2.45) is 0 Å². The standard InChI is InChI=1S/C8H10BrNO/c1-2-8(11)7-4-3-6(9)5-10-7/h3-5,8,11H,2H2,1H3/t8-/m0/s1. The topological polar surface area (TPSA) is 33.1 Å². The number of nitrogens with zero attached hydrogens (tertiary/aromatic N) is 1. The quantitative estimate of drug-likeness (QED) is 0.822. The molecule has 0 amide bonds. The molecule has 2 nitrogen and oxygen atoms in total. The van der Waals surface area contributed by atoms with Gasteiger partial charge in [-0.1, -0.05) is 6.92 Å². The minimum atomic E-state index is -0.428. The summed E-state index contributed by atoms with van der Waals surface area (Å²) < 4.78 is 0.935. The van der Waals surface area contributed by atoms with Gasteiger partial charge in [-0.25, -0.2) is 0 Å². The van der Waals surface area contributed by atoms with E-state index < -0.39 is 6.10 Å². The fourth-order valence-electron chi connectivity index (χ4n) is 0.794. The first-order chi connectivity index (χ1) is 5.24. The third-order valence-electron chi connectivity index (χ3n) is 1.48. The molecule has 0 saturated carbocycles. The van der Waals surface area contributed by atoms with E-state index in [9.17, 15) is 5.11 Å². The van der Waals surface area contributed by atoms with Crippen LogP contribution >= 0.6 is 15.9 Å². The predicted molar refractivity (Wildman–Crippen MR) is 47.2 cm³/mol. The molecule has 0 saturated heterocycles. The summed E-state index contributed by atoms with van der Waals surface area (Å²) in [6, 6.07) is 3.69. The zero-order valence-electron chi connectivity index (χ0n) is 6.29.